The van der Waals surface area contributed by atoms with E-state index < -0.39 is 5.97 Å². The summed E-state index contributed by atoms with van der Waals surface area (Å²) in [5.41, 5.74) is 3.48. The molecule has 3 nitrogen and oxygen atoms in total. The first-order valence-corrected chi connectivity index (χ1v) is 7.76. The molecule has 21 heavy (non-hydrogen) atoms. The van der Waals surface area contributed by atoms with Gasteiger partial charge >= 0.3 is 5.97 Å². The van der Waals surface area contributed by atoms with Crippen LogP contribution in [0, 0.1) is 6.92 Å². The van der Waals surface area contributed by atoms with Crippen LogP contribution in [0.4, 0.5) is 5.69 Å². The van der Waals surface area contributed by atoms with Crippen LogP contribution in [-0.4, -0.2) is 11.1 Å². The third kappa shape index (κ3) is 3.64. The standard InChI is InChI=1S/C17H21NO2S/c1-11-12(9-15(21-11)16(19)20)10-18-14-8-6-5-7-13(14)17(2,3)4/h5-9,18H,10H2,1-4H3,(H,19,20). The van der Waals surface area contributed by atoms with Gasteiger partial charge in [-0.15, -0.1) is 11.3 Å². The van der Waals surface area contributed by atoms with E-state index in [9.17, 15) is 4.79 Å². The molecule has 0 atom stereocenters. The molecule has 0 spiro atoms. The number of para-hydroxylation sites is 1. The highest BCUT2D eigenvalue weighted by molar-refractivity contribution is 7.14. The Morgan fingerprint density at radius 3 is 2.52 bits per heavy atom. The minimum Gasteiger partial charge on any atom is -0.477 e. The van der Waals surface area contributed by atoms with E-state index in [4.69, 9.17) is 5.11 Å². The molecule has 0 aliphatic carbocycles. The molecule has 0 radical (unpaired) electrons. The Balaban J connectivity index is 2.19. The fraction of sp³-hybridized carbons (Fsp3) is 0.353. The maximum atomic E-state index is 11.0. The number of carbonyl (C=O) groups is 1. The summed E-state index contributed by atoms with van der Waals surface area (Å²) in [7, 11) is 0. The Kier molecular flexibility index (Phi) is 4.37. The van der Waals surface area contributed by atoms with Crippen molar-refractivity contribution >= 4 is 23.0 Å². The summed E-state index contributed by atoms with van der Waals surface area (Å²) in [6.07, 6.45) is 0. The Morgan fingerprint density at radius 2 is 1.95 bits per heavy atom. The molecular formula is C17H21NO2S. The summed E-state index contributed by atoms with van der Waals surface area (Å²) in [6, 6.07) is 10.0. The lowest BCUT2D eigenvalue weighted by Crippen LogP contribution is -2.14. The van der Waals surface area contributed by atoms with E-state index in [1.807, 2.05) is 19.1 Å². The number of aromatic carboxylic acids is 1. The van der Waals surface area contributed by atoms with Crippen molar-refractivity contribution in [1.82, 2.24) is 0 Å². The summed E-state index contributed by atoms with van der Waals surface area (Å²) < 4.78 is 0. The van der Waals surface area contributed by atoms with Gasteiger partial charge in [-0.25, -0.2) is 4.79 Å². The van der Waals surface area contributed by atoms with Gasteiger partial charge in [0.25, 0.3) is 0 Å². The highest BCUT2D eigenvalue weighted by atomic mass is 32.1. The lowest BCUT2D eigenvalue weighted by molar-refractivity contribution is 0.0702. The van der Waals surface area contributed by atoms with Crippen molar-refractivity contribution in [2.75, 3.05) is 5.32 Å². The number of aryl methyl sites for hydroxylation is 1. The maximum Gasteiger partial charge on any atom is 0.345 e. The molecule has 0 bridgehead atoms. The second kappa shape index (κ2) is 5.90. The predicted octanol–water partition coefficient (Wildman–Crippen LogP) is 4.66. The summed E-state index contributed by atoms with van der Waals surface area (Å²) in [6.45, 7) is 9.16. The first-order valence-electron chi connectivity index (χ1n) is 6.95. The molecule has 2 aromatic rings. The van der Waals surface area contributed by atoms with Gasteiger partial charge in [-0.1, -0.05) is 39.0 Å². The molecule has 2 rings (SSSR count). The predicted molar refractivity (Wildman–Crippen MR) is 88.5 cm³/mol. The van der Waals surface area contributed by atoms with Gasteiger partial charge in [-0.2, -0.15) is 0 Å². The van der Waals surface area contributed by atoms with E-state index in [0.717, 1.165) is 16.1 Å². The van der Waals surface area contributed by atoms with Crippen molar-refractivity contribution in [3.8, 4) is 0 Å². The lowest BCUT2D eigenvalue weighted by Gasteiger charge is -2.23. The summed E-state index contributed by atoms with van der Waals surface area (Å²) >= 11 is 1.33. The molecule has 112 valence electrons. The van der Waals surface area contributed by atoms with Gasteiger partial charge < -0.3 is 10.4 Å². The van der Waals surface area contributed by atoms with Crippen LogP contribution in [0.15, 0.2) is 30.3 Å². The highest BCUT2D eigenvalue weighted by Crippen LogP contribution is 2.30. The van der Waals surface area contributed by atoms with Crippen LogP contribution in [0.25, 0.3) is 0 Å². The average Bonchev–Trinajstić information content (AvgIpc) is 2.77. The van der Waals surface area contributed by atoms with Crippen LogP contribution < -0.4 is 5.32 Å². The number of hydrogen-bond acceptors (Lipinski definition) is 3. The average molecular weight is 303 g/mol. The molecule has 4 heteroatoms. The van der Waals surface area contributed by atoms with E-state index in [1.165, 1.54) is 16.9 Å². The smallest absolute Gasteiger partial charge is 0.345 e. The van der Waals surface area contributed by atoms with E-state index in [-0.39, 0.29) is 5.41 Å². The fourth-order valence-corrected chi connectivity index (χ4v) is 3.16. The molecule has 0 saturated heterocycles. The number of carboxylic acids is 1. The Bertz CT molecular complexity index is 653. The zero-order chi connectivity index (χ0) is 15.6. The van der Waals surface area contributed by atoms with Crippen LogP contribution in [-0.2, 0) is 12.0 Å². The van der Waals surface area contributed by atoms with E-state index in [2.05, 4.69) is 38.2 Å². The van der Waals surface area contributed by atoms with Crippen molar-refractivity contribution in [3.63, 3.8) is 0 Å². The van der Waals surface area contributed by atoms with Crippen LogP contribution in [0.3, 0.4) is 0 Å². The number of carboxylic acid groups (broad SMARTS) is 1. The molecular weight excluding hydrogens is 282 g/mol. The van der Waals surface area contributed by atoms with Crippen LogP contribution in [0.5, 0.6) is 0 Å². The minimum atomic E-state index is -0.857. The van der Waals surface area contributed by atoms with Gasteiger partial charge in [0.1, 0.15) is 4.88 Å². The van der Waals surface area contributed by atoms with Gasteiger partial charge in [-0.3, -0.25) is 0 Å². The lowest BCUT2D eigenvalue weighted by atomic mass is 9.86. The van der Waals surface area contributed by atoms with Crippen LogP contribution in [0.2, 0.25) is 0 Å². The summed E-state index contributed by atoms with van der Waals surface area (Å²) in [5, 5.41) is 12.5. The van der Waals surface area contributed by atoms with E-state index in [0.29, 0.717) is 11.4 Å². The maximum absolute atomic E-state index is 11.0. The molecule has 0 amide bonds. The molecule has 0 unspecified atom stereocenters. The molecule has 0 aliphatic heterocycles. The van der Waals surface area contributed by atoms with Crippen molar-refractivity contribution in [2.24, 2.45) is 0 Å². The minimum absolute atomic E-state index is 0.0690. The van der Waals surface area contributed by atoms with Crippen LogP contribution >= 0.6 is 11.3 Å². The Morgan fingerprint density at radius 1 is 1.29 bits per heavy atom. The van der Waals surface area contributed by atoms with Gasteiger partial charge in [0, 0.05) is 17.1 Å². The second-order valence-electron chi connectivity index (χ2n) is 6.15. The van der Waals surface area contributed by atoms with Crippen molar-refractivity contribution in [3.05, 3.63) is 51.2 Å². The molecule has 1 heterocycles. The number of anilines is 1. The largest absolute Gasteiger partial charge is 0.477 e. The normalized spacial score (nSPS) is 11.4. The third-order valence-electron chi connectivity index (χ3n) is 3.44. The number of rotatable bonds is 4. The van der Waals surface area contributed by atoms with Gasteiger partial charge in [0.05, 0.1) is 0 Å². The fourth-order valence-electron chi connectivity index (χ4n) is 2.28. The number of benzene rings is 1. The van der Waals surface area contributed by atoms with Crippen molar-refractivity contribution in [2.45, 2.75) is 39.7 Å². The molecule has 0 saturated carbocycles. The molecule has 2 N–H and O–H groups in total. The third-order valence-corrected chi connectivity index (χ3v) is 4.52. The summed E-state index contributed by atoms with van der Waals surface area (Å²) in [5.74, 6) is -0.857. The zero-order valence-electron chi connectivity index (χ0n) is 12.9. The van der Waals surface area contributed by atoms with Gasteiger partial charge in [0.15, 0.2) is 0 Å². The molecule has 1 aromatic carbocycles. The quantitative estimate of drug-likeness (QED) is 0.863. The van der Waals surface area contributed by atoms with Gasteiger partial charge in [0.2, 0.25) is 0 Å². The number of thiophene rings is 1. The molecule has 0 aliphatic rings. The SMILES string of the molecule is Cc1sc(C(=O)O)cc1CNc1ccccc1C(C)(C)C. The Labute approximate surface area is 129 Å². The molecule has 1 aromatic heterocycles. The topological polar surface area (TPSA) is 49.3 Å². The monoisotopic (exact) mass is 303 g/mol. The van der Waals surface area contributed by atoms with Crippen molar-refractivity contribution in [1.29, 1.82) is 0 Å². The highest BCUT2D eigenvalue weighted by Gasteiger charge is 2.17. The van der Waals surface area contributed by atoms with E-state index in [1.54, 1.807) is 6.07 Å². The first kappa shape index (κ1) is 15.6. The first-order chi connectivity index (χ1) is 9.79. The zero-order valence-corrected chi connectivity index (χ0v) is 13.7. The number of nitrogens with one attached hydrogen (secondary N) is 1. The summed E-state index contributed by atoms with van der Waals surface area (Å²) in [4.78, 5) is 12.5. The van der Waals surface area contributed by atoms with Gasteiger partial charge in [-0.05, 0) is 35.6 Å². The van der Waals surface area contributed by atoms with Crippen LogP contribution in [0.1, 0.15) is 46.4 Å². The Hall–Kier alpha value is -1.81. The second-order valence-corrected chi connectivity index (χ2v) is 7.40. The number of hydrogen-bond donors (Lipinski definition) is 2. The molecule has 0 fully saturated rings. The van der Waals surface area contributed by atoms with E-state index >= 15 is 0 Å². The van der Waals surface area contributed by atoms with Crippen molar-refractivity contribution < 1.29 is 9.90 Å².